The van der Waals surface area contributed by atoms with E-state index in [2.05, 4.69) is 11.8 Å². The Balaban J connectivity index is 1.63. The lowest BCUT2D eigenvalue weighted by atomic mass is 9.98. The molecule has 3 heteroatoms. The molecule has 0 radical (unpaired) electrons. The van der Waals surface area contributed by atoms with Crippen molar-refractivity contribution in [2.45, 2.75) is 45.3 Å². The molecule has 1 aliphatic heterocycles. The Labute approximate surface area is 128 Å². The van der Waals surface area contributed by atoms with Crippen LogP contribution in [0.25, 0.3) is 0 Å². The van der Waals surface area contributed by atoms with Crippen molar-refractivity contribution in [2.75, 3.05) is 26.2 Å². The fraction of sp³-hybridized carbons (Fsp3) is 0.667. The van der Waals surface area contributed by atoms with E-state index in [1.165, 1.54) is 25.7 Å². The van der Waals surface area contributed by atoms with Crippen LogP contribution in [-0.2, 0) is 11.3 Å². The second kappa shape index (κ2) is 9.19. The average Bonchev–Trinajstić information content (AvgIpc) is 2.73. The van der Waals surface area contributed by atoms with Crippen LogP contribution < -0.4 is 0 Å². The summed E-state index contributed by atoms with van der Waals surface area (Å²) >= 11 is 0. The van der Waals surface area contributed by atoms with Gasteiger partial charge in [0.1, 0.15) is 0 Å². The van der Waals surface area contributed by atoms with Gasteiger partial charge in [0.2, 0.25) is 0 Å². The second-order valence-electron chi connectivity index (χ2n) is 6.16. The molecule has 0 aliphatic carbocycles. The second-order valence-corrected chi connectivity index (χ2v) is 6.16. The van der Waals surface area contributed by atoms with Crippen molar-refractivity contribution >= 4 is 0 Å². The molecule has 0 spiro atoms. The van der Waals surface area contributed by atoms with E-state index in [1.807, 2.05) is 30.3 Å². The molecule has 1 saturated heterocycles. The number of ether oxygens (including phenoxy) is 1. The first-order valence-electron chi connectivity index (χ1n) is 8.30. The molecule has 1 aliphatic rings. The molecule has 1 fully saturated rings. The minimum atomic E-state index is -0.383. The SMILES string of the molecule is CCC1CCCN(CC(O)COCc2ccccc2)CC1. The number of aliphatic hydroxyl groups is 1. The molecule has 1 aromatic rings. The van der Waals surface area contributed by atoms with Crippen LogP contribution >= 0.6 is 0 Å². The van der Waals surface area contributed by atoms with Gasteiger partial charge in [-0.1, -0.05) is 43.7 Å². The molecule has 0 saturated carbocycles. The Bertz CT molecular complexity index is 382. The van der Waals surface area contributed by atoms with E-state index < -0.39 is 0 Å². The third kappa shape index (κ3) is 6.16. The molecular formula is C18H29NO2. The van der Waals surface area contributed by atoms with E-state index in [-0.39, 0.29) is 6.10 Å². The summed E-state index contributed by atoms with van der Waals surface area (Å²) in [7, 11) is 0. The monoisotopic (exact) mass is 291 g/mol. The van der Waals surface area contributed by atoms with Crippen LogP contribution in [0.5, 0.6) is 0 Å². The Morgan fingerprint density at radius 1 is 1.24 bits per heavy atom. The zero-order valence-corrected chi connectivity index (χ0v) is 13.2. The number of β-amino-alcohol motifs (C(OH)–C–C–N with tert-alkyl or cyclic N) is 1. The topological polar surface area (TPSA) is 32.7 Å². The van der Waals surface area contributed by atoms with Crippen LogP contribution in [0.2, 0.25) is 0 Å². The number of benzene rings is 1. The quantitative estimate of drug-likeness (QED) is 0.838. The summed E-state index contributed by atoms with van der Waals surface area (Å²) in [5.41, 5.74) is 1.16. The molecule has 0 amide bonds. The molecule has 0 bridgehead atoms. The van der Waals surface area contributed by atoms with Gasteiger partial charge in [0, 0.05) is 6.54 Å². The lowest BCUT2D eigenvalue weighted by Crippen LogP contribution is -2.35. The number of rotatable bonds is 7. The van der Waals surface area contributed by atoms with Crippen LogP contribution in [0.4, 0.5) is 0 Å². The van der Waals surface area contributed by atoms with E-state index in [0.717, 1.165) is 31.1 Å². The third-order valence-corrected chi connectivity index (χ3v) is 4.41. The van der Waals surface area contributed by atoms with E-state index in [0.29, 0.717) is 13.2 Å². The van der Waals surface area contributed by atoms with Gasteiger partial charge >= 0.3 is 0 Å². The zero-order chi connectivity index (χ0) is 14.9. The van der Waals surface area contributed by atoms with Crippen LogP contribution in [0.15, 0.2) is 30.3 Å². The highest BCUT2D eigenvalue weighted by molar-refractivity contribution is 5.13. The molecule has 0 aromatic heterocycles. The maximum atomic E-state index is 10.1. The Hall–Kier alpha value is -0.900. The maximum Gasteiger partial charge on any atom is 0.0900 e. The molecule has 1 N–H and O–H groups in total. The van der Waals surface area contributed by atoms with E-state index >= 15 is 0 Å². The Morgan fingerprint density at radius 2 is 2.05 bits per heavy atom. The van der Waals surface area contributed by atoms with Crippen LogP contribution in [0.1, 0.15) is 38.2 Å². The van der Waals surface area contributed by atoms with Gasteiger partial charge in [-0.05, 0) is 43.8 Å². The largest absolute Gasteiger partial charge is 0.389 e. The van der Waals surface area contributed by atoms with Gasteiger partial charge in [0.05, 0.1) is 19.3 Å². The lowest BCUT2D eigenvalue weighted by Gasteiger charge is -2.23. The fourth-order valence-corrected chi connectivity index (χ4v) is 3.05. The minimum absolute atomic E-state index is 0.383. The average molecular weight is 291 g/mol. The van der Waals surface area contributed by atoms with Gasteiger partial charge in [0.15, 0.2) is 0 Å². The van der Waals surface area contributed by atoms with Crippen molar-refractivity contribution in [2.24, 2.45) is 5.92 Å². The van der Waals surface area contributed by atoms with Gasteiger partial charge in [-0.25, -0.2) is 0 Å². The van der Waals surface area contributed by atoms with Crippen molar-refractivity contribution < 1.29 is 9.84 Å². The van der Waals surface area contributed by atoms with Crippen LogP contribution in [-0.4, -0.2) is 42.4 Å². The predicted molar refractivity (Wildman–Crippen MR) is 86.2 cm³/mol. The predicted octanol–water partition coefficient (Wildman–Crippen LogP) is 3.08. The molecule has 2 atom stereocenters. The van der Waals surface area contributed by atoms with Crippen molar-refractivity contribution in [1.29, 1.82) is 0 Å². The summed E-state index contributed by atoms with van der Waals surface area (Å²) in [5.74, 6) is 0.876. The summed E-state index contributed by atoms with van der Waals surface area (Å²) in [6, 6.07) is 10.1. The minimum Gasteiger partial charge on any atom is -0.389 e. The van der Waals surface area contributed by atoms with Crippen LogP contribution in [0.3, 0.4) is 0 Å². The molecule has 2 unspecified atom stereocenters. The summed E-state index contributed by atoms with van der Waals surface area (Å²) < 4.78 is 5.62. The highest BCUT2D eigenvalue weighted by Gasteiger charge is 2.18. The summed E-state index contributed by atoms with van der Waals surface area (Å²) in [5, 5.41) is 10.1. The normalized spacial score (nSPS) is 21.9. The van der Waals surface area contributed by atoms with Crippen molar-refractivity contribution in [3.8, 4) is 0 Å². The number of aliphatic hydroxyl groups excluding tert-OH is 1. The standard InChI is InChI=1S/C18H29NO2/c1-2-16-9-6-11-19(12-10-16)13-18(20)15-21-14-17-7-4-3-5-8-17/h3-5,7-8,16,18,20H,2,6,9-15H2,1H3. The van der Waals surface area contributed by atoms with E-state index in [4.69, 9.17) is 4.74 Å². The smallest absolute Gasteiger partial charge is 0.0900 e. The number of likely N-dealkylation sites (tertiary alicyclic amines) is 1. The highest BCUT2D eigenvalue weighted by atomic mass is 16.5. The number of hydrogen-bond donors (Lipinski definition) is 1. The van der Waals surface area contributed by atoms with E-state index in [9.17, 15) is 5.11 Å². The van der Waals surface area contributed by atoms with Crippen molar-refractivity contribution in [3.63, 3.8) is 0 Å². The van der Waals surface area contributed by atoms with Crippen molar-refractivity contribution in [1.82, 2.24) is 4.90 Å². The number of hydrogen-bond acceptors (Lipinski definition) is 3. The molecule has 21 heavy (non-hydrogen) atoms. The molecule has 1 heterocycles. The van der Waals surface area contributed by atoms with Gasteiger partial charge in [0.25, 0.3) is 0 Å². The molecule has 118 valence electrons. The van der Waals surface area contributed by atoms with Gasteiger partial charge in [-0.2, -0.15) is 0 Å². The molecule has 2 rings (SSSR count). The summed E-state index contributed by atoms with van der Waals surface area (Å²) in [6.45, 7) is 6.26. The lowest BCUT2D eigenvalue weighted by molar-refractivity contribution is 0.0103. The maximum absolute atomic E-state index is 10.1. The van der Waals surface area contributed by atoms with Gasteiger partial charge < -0.3 is 14.7 Å². The first kappa shape index (κ1) is 16.5. The van der Waals surface area contributed by atoms with Gasteiger partial charge in [-0.15, -0.1) is 0 Å². The summed E-state index contributed by atoms with van der Waals surface area (Å²) in [4.78, 5) is 2.40. The Morgan fingerprint density at radius 3 is 2.81 bits per heavy atom. The summed E-state index contributed by atoms with van der Waals surface area (Å²) in [6.07, 6.45) is 4.78. The third-order valence-electron chi connectivity index (χ3n) is 4.41. The number of nitrogens with zero attached hydrogens (tertiary/aromatic N) is 1. The molecule has 3 nitrogen and oxygen atoms in total. The fourth-order valence-electron chi connectivity index (χ4n) is 3.05. The van der Waals surface area contributed by atoms with Crippen molar-refractivity contribution in [3.05, 3.63) is 35.9 Å². The molecular weight excluding hydrogens is 262 g/mol. The van der Waals surface area contributed by atoms with E-state index in [1.54, 1.807) is 0 Å². The van der Waals surface area contributed by atoms with Gasteiger partial charge in [-0.3, -0.25) is 0 Å². The molecule has 1 aromatic carbocycles. The first-order chi connectivity index (χ1) is 10.3. The van der Waals surface area contributed by atoms with Crippen LogP contribution in [0, 0.1) is 5.92 Å². The highest BCUT2D eigenvalue weighted by Crippen LogP contribution is 2.20. The Kier molecular flexibility index (Phi) is 7.20. The first-order valence-corrected chi connectivity index (χ1v) is 8.30. The zero-order valence-electron chi connectivity index (χ0n) is 13.2.